The van der Waals surface area contributed by atoms with Gasteiger partial charge in [0.15, 0.2) is 0 Å². The zero-order valence-electron chi connectivity index (χ0n) is 7.69. The van der Waals surface area contributed by atoms with Crippen LogP contribution >= 0.6 is 0 Å². The molecule has 0 radical (unpaired) electrons. The Morgan fingerprint density at radius 3 is 1.55 bits per heavy atom. The van der Waals surface area contributed by atoms with E-state index in [1.165, 1.54) is 30.4 Å². The average molecular weight is 150 g/mol. The molecule has 2 unspecified atom stereocenters. The number of hydrogen-bond donors (Lipinski definition) is 0. The second kappa shape index (κ2) is 3.25. The molecular formula is C11H18. The predicted octanol–water partition coefficient (Wildman–Crippen LogP) is 3.55. The Hall–Kier alpha value is -0.520. The summed E-state index contributed by atoms with van der Waals surface area (Å²) >= 11 is 0. The highest BCUT2D eigenvalue weighted by molar-refractivity contribution is 5.07. The molecule has 0 aromatic carbocycles. The van der Waals surface area contributed by atoms with E-state index in [-0.39, 0.29) is 0 Å². The van der Waals surface area contributed by atoms with Gasteiger partial charge in [-0.05, 0) is 44.9 Å². The molecule has 0 aromatic heterocycles. The van der Waals surface area contributed by atoms with Crippen LogP contribution in [0.4, 0.5) is 0 Å². The van der Waals surface area contributed by atoms with Gasteiger partial charge in [-0.2, -0.15) is 0 Å². The van der Waals surface area contributed by atoms with Gasteiger partial charge in [0.2, 0.25) is 0 Å². The lowest BCUT2D eigenvalue weighted by Crippen LogP contribution is -1.97. The summed E-state index contributed by atoms with van der Waals surface area (Å²) in [7, 11) is 0. The Bertz CT molecular complexity index is 156. The van der Waals surface area contributed by atoms with Crippen LogP contribution in [0.25, 0.3) is 0 Å². The summed E-state index contributed by atoms with van der Waals surface area (Å²) in [4.78, 5) is 0. The van der Waals surface area contributed by atoms with Crippen LogP contribution in [-0.2, 0) is 0 Å². The van der Waals surface area contributed by atoms with Crippen LogP contribution in [-0.4, -0.2) is 0 Å². The van der Waals surface area contributed by atoms with Gasteiger partial charge in [-0.15, -0.1) is 0 Å². The lowest BCUT2D eigenvalue weighted by atomic mass is 9.96. The first kappa shape index (κ1) is 8.58. The van der Waals surface area contributed by atoms with Crippen LogP contribution in [0.1, 0.15) is 33.1 Å². The maximum Gasteiger partial charge on any atom is -0.0203 e. The molecule has 62 valence electrons. The van der Waals surface area contributed by atoms with Crippen molar-refractivity contribution in [1.29, 1.82) is 0 Å². The fraction of sp³-hybridized carbons (Fsp3) is 0.636. The van der Waals surface area contributed by atoms with Crippen molar-refractivity contribution in [3.05, 3.63) is 24.3 Å². The van der Waals surface area contributed by atoms with Gasteiger partial charge in [0, 0.05) is 0 Å². The molecule has 1 saturated carbocycles. The molecule has 2 atom stereocenters. The number of hydrogen-bond acceptors (Lipinski definition) is 0. The van der Waals surface area contributed by atoms with Crippen LogP contribution in [0.15, 0.2) is 24.3 Å². The normalized spacial score (nSPS) is 30.4. The SMILES string of the molecule is C=C(C)C1CCC(C(=C)C)C1. The summed E-state index contributed by atoms with van der Waals surface area (Å²) in [6.07, 6.45) is 3.95. The van der Waals surface area contributed by atoms with Crippen LogP contribution in [0.3, 0.4) is 0 Å². The third kappa shape index (κ3) is 1.95. The smallest absolute Gasteiger partial charge is 0.0203 e. The summed E-state index contributed by atoms with van der Waals surface area (Å²) in [6.45, 7) is 12.3. The minimum atomic E-state index is 0.775. The van der Waals surface area contributed by atoms with Crippen molar-refractivity contribution in [2.75, 3.05) is 0 Å². The molecule has 0 aromatic rings. The van der Waals surface area contributed by atoms with Gasteiger partial charge in [0.1, 0.15) is 0 Å². The molecule has 0 aliphatic heterocycles. The summed E-state index contributed by atoms with van der Waals surface area (Å²) in [5, 5.41) is 0. The van der Waals surface area contributed by atoms with Crippen molar-refractivity contribution in [2.24, 2.45) is 11.8 Å². The van der Waals surface area contributed by atoms with Crippen molar-refractivity contribution in [1.82, 2.24) is 0 Å². The van der Waals surface area contributed by atoms with Crippen LogP contribution in [0, 0.1) is 11.8 Å². The van der Waals surface area contributed by atoms with E-state index >= 15 is 0 Å². The van der Waals surface area contributed by atoms with Gasteiger partial charge >= 0.3 is 0 Å². The molecule has 1 aliphatic rings. The highest BCUT2D eigenvalue weighted by Crippen LogP contribution is 2.37. The second-order valence-corrected chi connectivity index (χ2v) is 3.90. The third-order valence-corrected chi connectivity index (χ3v) is 2.83. The van der Waals surface area contributed by atoms with E-state index in [0.29, 0.717) is 0 Å². The first-order chi connectivity index (χ1) is 5.11. The quantitative estimate of drug-likeness (QED) is 0.528. The molecular weight excluding hydrogens is 132 g/mol. The molecule has 1 fully saturated rings. The van der Waals surface area contributed by atoms with E-state index in [2.05, 4.69) is 27.0 Å². The second-order valence-electron chi connectivity index (χ2n) is 3.90. The Morgan fingerprint density at radius 2 is 1.36 bits per heavy atom. The molecule has 0 bridgehead atoms. The largest absolute Gasteiger partial charge is 0.0999 e. The van der Waals surface area contributed by atoms with Crippen molar-refractivity contribution in [3.63, 3.8) is 0 Å². The van der Waals surface area contributed by atoms with Gasteiger partial charge in [-0.1, -0.05) is 24.3 Å². The Kier molecular flexibility index (Phi) is 2.53. The van der Waals surface area contributed by atoms with Crippen LogP contribution < -0.4 is 0 Å². The standard InChI is InChI=1S/C11H18/c1-8(2)10-5-6-11(7-10)9(3)4/h10-11H,1,3,5-7H2,2,4H3. The molecule has 11 heavy (non-hydrogen) atoms. The minimum Gasteiger partial charge on any atom is -0.0999 e. The zero-order chi connectivity index (χ0) is 8.43. The molecule has 0 heterocycles. The van der Waals surface area contributed by atoms with Crippen molar-refractivity contribution < 1.29 is 0 Å². The zero-order valence-corrected chi connectivity index (χ0v) is 7.69. The van der Waals surface area contributed by atoms with Crippen molar-refractivity contribution >= 4 is 0 Å². The highest BCUT2D eigenvalue weighted by atomic mass is 14.3. The van der Waals surface area contributed by atoms with E-state index in [1.54, 1.807) is 0 Å². The first-order valence-corrected chi connectivity index (χ1v) is 4.42. The maximum absolute atomic E-state index is 4.00. The fourth-order valence-corrected chi connectivity index (χ4v) is 1.88. The predicted molar refractivity (Wildman–Crippen MR) is 50.5 cm³/mol. The topological polar surface area (TPSA) is 0 Å². The summed E-state index contributed by atoms with van der Waals surface area (Å²) < 4.78 is 0. The van der Waals surface area contributed by atoms with Crippen LogP contribution in [0.5, 0.6) is 0 Å². The van der Waals surface area contributed by atoms with Gasteiger partial charge in [0.25, 0.3) is 0 Å². The molecule has 1 rings (SSSR count). The third-order valence-electron chi connectivity index (χ3n) is 2.83. The lowest BCUT2D eigenvalue weighted by molar-refractivity contribution is 0.594. The van der Waals surface area contributed by atoms with Gasteiger partial charge in [0.05, 0.1) is 0 Å². The Morgan fingerprint density at radius 1 is 1.00 bits per heavy atom. The Balaban J connectivity index is 2.47. The average Bonchev–Trinajstić information content (AvgIpc) is 2.33. The number of allylic oxidation sites excluding steroid dienone is 2. The molecule has 1 aliphatic carbocycles. The van der Waals surface area contributed by atoms with Gasteiger partial charge in [-0.3, -0.25) is 0 Å². The molecule has 0 nitrogen and oxygen atoms in total. The lowest BCUT2D eigenvalue weighted by Gasteiger charge is -2.10. The van der Waals surface area contributed by atoms with Gasteiger partial charge < -0.3 is 0 Å². The van der Waals surface area contributed by atoms with E-state index in [0.717, 1.165) is 11.8 Å². The van der Waals surface area contributed by atoms with E-state index < -0.39 is 0 Å². The molecule has 0 amide bonds. The monoisotopic (exact) mass is 150 g/mol. The number of rotatable bonds is 2. The molecule has 0 N–H and O–H groups in total. The van der Waals surface area contributed by atoms with Crippen LogP contribution in [0.2, 0.25) is 0 Å². The van der Waals surface area contributed by atoms with Crippen molar-refractivity contribution in [3.8, 4) is 0 Å². The van der Waals surface area contributed by atoms with E-state index in [4.69, 9.17) is 0 Å². The molecule has 0 heteroatoms. The Labute approximate surface area is 70.0 Å². The first-order valence-electron chi connectivity index (χ1n) is 4.42. The van der Waals surface area contributed by atoms with Crippen molar-refractivity contribution in [2.45, 2.75) is 33.1 Å². The van der Waals surface area contributed by atoms with Gasteiger partial charge in [-0.25, -0.2) is 0 Å². The minimum absolute atomic E-state index is 0.775. The molecule has 0 spiro atoms. The summed E-state index contributed by atoms with van der Waals surface area (Å²) in [6, 6.07) is 0. The summed E-state index contributed by atoms with van der Waals surface area (Å²) in [5.74, 6) is 1.55. The highest BCUT2D eigenvalue weighted by Gasteiger charge is 2.24. The molecule has 0 saturated heterocycles. The maximum atomic E-state index is 4.00. The fourth-order valence-electron chi connectivity index (χ4n) is 1.88. The van der Waals surface area contributed by atoms with E-state index in [1.807, 2.05) is 0 Å². The van der Waals surface area contributed by atoms with E-state index in [9.17, 15) is 0 Å². The summed E-state index contributed by atoms with van der Waals surface area (Å²) in [5.41, 5.74) is 2.71.